The van der Waals surface area contributed by atoms with Crippen molar-refractivity contribution in [3.8, 4) is 0 Å². The molecule has 0 saturated heterocycles. The van der Waals surface area contributed by atoms with Gasteiger partial charge in [-0.2, -0.15) is 8.78 Å². The fraction of sp³-hybridized carbons (Fsp3) is 0.857. The Kier molecular flexibility index (Phi) is 4.57. The van der Waals surface area contributed by atoms with Crippen LogP contribution in [0, 0.1) is 0 Å². The van der Waals surface area contributed by atoms with Crippen LogP contribution in [0.1, 0.15) is 32.6 Å². The molecule has 0 N–H and O–H groups in total. The van der Waals surface area contributed by atoms with Gasteiger partial charge in [0, 0.05) is 6.42 Å². The van der Waals surface area contributed by atoms with Gasteiger partial charge in [0.2, 0.25) is 5.78 Å². The molecule has 0 aliphatic carbocycles. The molecule has 0 radical (unpaired) electrons. The highest BCUT2D eigenvalue weighted by atomic mass is 35.5. The van der Waals surface area contributed by atoms with Crippen LogP contribution >= 0.6 is 11.6 Å². The second-order valence-electron chi connectivity index (χ2n) is 2.38. The SMILES string of the molecule is CCCCCC(=O)C(F)(F)Cl. The van der Waals surface area contributed by atoms with Crippen molar-refractivity contribution in [3.05, 3.63) is 0 Å². The molecule has 66 valence electrons. The lowest BCUT2D eigenvalue weighted by atomic mass is 10.1. The predicted octanol–water partition coefficient (Wildman–Crippen LogP) is 2.97. The van der Waals surface area contributed by atoms with Crippen LogP contribution in [0.2, 0.25) is 0 Å². The summed E-state index contributed by atoms with van der Waals surface area (Å²) >= 11 is 4.48. The molecule has 0 heterocycles. The van der Waals surface area contributed by atoms with E-state index in [1.165, 1.54) is 0 Å². The monoisotopic (exact) mass is 184 g/mol. The minimum absolute atomic E-state index is 0.121. The maximum absolute atomic E-state index is 12.0. The molecule has 0 spiro atoms. The number of Topliss-reactive ketones (excluding diaryl/α,β-unsaturated/α-hetero) is 1. The molecule has 0 bridgehead atoms. The van der Waals surface area contributed by atoms with Crippen LogP contribution in [0.3, 0.4) is 0 Å². The van der Waals surface area contributed by atoms with E-state index in [0.717, 1.165) is 12.8 Å². The second-order valence-corrected chi connectivity index (χ2v) is 2.85. The smallest absolute Gasteiger partial charge is 0.291 e. The molecule has 0 unspecified atom stereocenters. The Labute approximate surface area is 69.7 Å². The molecule has 0 rings (SSSR count). The van der Waals surface area contributed by atoms with Crippen molar-refractivity contribution in [2.75, 3.05) is 0 Å². The van der Waals surface area contributed by atoms with E-state index in [0.29, 0.717) is 6.42 Å². The van der Waals surface area contributed by atoms with Crippen LogP contribution in [-0.2, 0) is 4.79 Å². The van der Waals surface area contributed by atoms with Crippen molar-refractivity contribution in [1.82, 2.24) is 0 Å². The van der Waals surface area contributed by atoms with Crippen LogP contribution in [-0.4, -0.2) is 11.2 Å². The molecule has 1 nitrogen and oxygen atoms in total. The Bertz CT molecular complexity index is 131. The van der Waals surface area contributed by atoms with E-state index in [4.69, 9.17) is 0 Å². The quantitative estimate of drug-likeness (QED) is 0.474. The van der Waals surface area contributed by atoms with Crippen molar-refractivity contribution in [3.63, 3.8) is 0 Å². The molecule has 0 aromatic carbocycles. The summed E-state index contributed by atoms with van der Waals surface area (Å²) in [6.45, 7) is 1.93. The third kappa shape index (κ3) is 5.13. The average molecular weight is 185 g/mol. The van der Waals surface area contributed by atoms with Gasteiger partial charge in [0.1, 0.15) is 0 Å². The summed E-state index contributed by atoms with van der Waals surface area (Å²) in [5, 5.41) is -3.66. The van der Waals surface area contributed by atoms with Crippen LogP contribution in [0.5, 0.6) is 0 Å². The van der Waals surface area contributed by atoms with Gasteiger partial charge in [-0.3, -0.25) is 4.79 Å². The summed E-state index contributed by atoms with van der Waals surface area (Å²) in [6.07, 6.45) is 2.07. The number of hydrogen-bond acceptors (Lipinski definition) is 1. The topological polar surface area (TPSA) is 17.1 Å². The summed E-state index contributed by atoms with van der Waals surface area (Å²) in [5.41, 5.74) is 0. The molecule has 0 atom stereocenters. The minimum Gasteiger partial charge on any atom is -0.291 e. The molecule has 0 aromatic heterocycles. The van der Waals surface area contributed by atoms with Crippen LogP contribution in [0.25, 0.3) is 0 Å². The lowest BCUT2D eigenvalue weighted by molar-refractivity contribution is -0.133. The third-order valence-electron chi connectivity index (χ3n) is 1.32. The molecular weight excluding hydrogens is 174 g/mol. The van der Waals surface area contributed by atoms with E-state index in [1.54, 1.807) is 0 Å². The Balaban J connectivity index is 3.54. The van der Waals surface area contributed by atoms with Crippen LogP contribution in [0.15, 0.2) is 0 Å². The van der Waals surface area contributed by atoms with Crippen molar-refractivity contribution in [2.24, 2.45) is 0 Å². The summed E-state index contributed by atoms with van der Waals surface area (Å²) in [4.78, 5) is 10.5. The van der Waals surface area contributed by atoms with Crippen molar-refractivity contribution < 1.29 is 13.6 Å². The first-order valence-corrected chi connectivity index (χ1v) is 3.96. The molecule has 0 saturated carbocycles. The fourth-order valence-electron chi connectivity index (χ4n) is 0.677. The number of halogens is 3. The maximum Gasteiger partial charge on any atom is 0.380 e. The second kappa shape index (κ2) is 4.65. The van der Waals surface area contributed by atoms with Gasteiger partial charge in [-0.1, -0.05) is 19.8 Å². The van der Waals surface area contributed by atoms with Gasteiger partial charge < -0.3 is 0 Å². The average Bonchev–Trinajstić information content (AvgIpc) is 1.86. The first-order valence-electron chi connectivity index (χ1n) is 3.58. The minimum atomic E-state index is -3.66. The van der Waals surface area contributed by atoms with E-state index < -0.39 is 11.2 Å². The van der Waals surface area contributed by atoms with Crippen LogP contribution < -0.4 is 0 Å². The number of carbonyl (C=O) groups is 1. The normalized spacial score (nSPS) is 11.6. The first kappa shape index (κ1) is 10.8. The highest BCUT2D eigenvalue weighted by molar-refractivity contribution is 6.32. The maximum atomic E-state index is 12.0. The zero-order valence-electron chi connectivity index (χ0n) is 6.37. The summed E-state index contributed by atoms with van der Waals surface area (Å²) in [7, 11) is 0. The standard InChI is InChI=1S/C7H11ClF2O/c1-2-3-4-5-6(11)7(8,9)10/h2-5H2,1H3. The largest absolute Gasteiger partial charge is 0.380 e. The lowest BCUT2D eigenvalue weighted by Crippen LogP contribution is -2.20. The van der Waals surface area contributed by atoms with Crippen molar-refractivity contribution >= 4 is 17.4 Å². The molecule has 11 heavy (non-hydrogen) atoms. The van der Waals surface area contributed by atoms with E-state index in [-0.39, 0.29) is 6.42 Å². The van der Waals surface area contributed by atoms with Crippen molar-refractivity contribution in [2.45, 2.75) is 38.0 Å². The Hall–Kier alpha value is -0.180. The van der Waals surface area contributed by atoms with Gasteiger partial charge in [-0.05, 0) is 18.0 Å². The van der Waals surface area contributed by atoms with E-state index in [9.17, 15) is 13.6 Å². The number of ketones is 1. The number of unbranched alkanes of at least 4 members (excludes halogenated alkanes) is 2. The Morgan fingerprint density at radius 1 is 1.45 bits per heavy atom. The zero-order chi connectivity index (χ0) is 8.91. The summed E-state index contributed by atoms with van der Waals surface area (Å²) < 4.78 is 23.9. The molecule has 0 aliphatic rings. The highest BCUT2D eigenvalue weighted by Gasteiger charge is 2.34. The fourth-order valence-corrected chi connectivity index (χ4v) is 0.772. The van der Waals surface area contributed by atoms with Gasteiger partial charge in [0.15, 0.2) is 0 Å². The van der Waals surface area contributed by atoms with Crippen LogP contribution in [0.4, 0.5) is 8.78 Å². The molecule has 0 amide bonds. The molecule has 0 fully saturated rings. The first-order chi connectivity index (χ1) is 4.98. The van der Waals surface area contributed by atoms with Gasteiger partial charge in [-0.25, -0.2) is 0 Å². The molecule has 0 aromatic rings. The van der Waals surface area contributed by atoms with Gasteiger partial charge in [-0.15, -0.1) is 0 Å². The predicted molar refractivity (Wildman–Crippen MR) is 39.9 cm³/mol. The van der Waals surface area contributed by atoms with E-state index in [1.807, 2.05) is 6.92 Å². The zero-order valence-corrected chi connectivity index (χ0v) is 7.13. The molecule has 4 heteroatoms. The summed E-state index contributed by atoms with van der Waals surface area (Å²) in [6, 6.07) is 0. The number of carbonyl (C=O) groups excluding carboxylic acids is 1. The van der Waals surface area contributed by atoms with E-state index in [2.05, 4.69) is 11.6 Å². The Morgan fingerprint density at radius 2 is 2.00 bits per heavy atom. The van der Waals surface area contributed by atoms with Gasteiger partial charge in [0.05, 0.1) is 0 Å². The van der Waals surface area contributed by atoms with Crippen molar-refractivity contribution in [1.29, 1.82) is 0 Å². The molecule has 0 aliphatic heterocycles. The lowest BCUT2D eigenvalue weighted by Gasteiger charge is -2.04. The number of alkyl halides is 3. The highest BCUT2D eigenvalue weighted by Crippen LogP contribution is 2.22. The number of rotatable bonds is 5. The number of hydrogen-bond donors (Lipinski definition) is 0. The van der Waals surface area contributed by atoms with Gasteiger partial charge >= 0.3 is 5.38 Å². The van der Waals surface area contributed by atoms with Gasteiger partial charge in [0.25, 0.3) is 0 Å². The molecular formula is C7H11ClF2O. The third-order valence-corrected chi connectivity index (χ3v) is 1.53. The Morgan fingerprint density at radius 3 is 2.36 bits per heavy atom. The summed E-state index contributed by atoms with van der Waals surface area (Å²) in [5.74, 6) is -1.17. The van der Waals surface area contributed by atoms with E-state index >= 15 is 0 Å².